The third kappa shape index (κ3) is 1.78. The maximum atomic E-state index is 5.53. The maximum absolute atomic E-state index is 5.53. The Hall–Kier alpha value is -0.990. The SMILES string of the molecule is CCC(C)Cc1noc(N)c1C. The molecule has 0 fully saturated rings. The fraction of sp³-hybridized carbons (Fsp3) is 0.667. The third-order valence-electron chi connectivity index (χ3n) is 2.30. The fourth-order valence-electron chi connectivity index (χ4n) is 1.05. The Morgan fingerprint density at radius 2 is 2.25 bits per heavy atom. The number of nitrogen functional groups attached to an aromatic ring is 1. The first-order chi connectivity index (χ1) is 5.65. The zero-order valence-electron chi connectivity index (χ0n) is 7.92. The van der Waals surface area contributed by atoms with Crippen molar-refractivity contribution in [1.29, 1.82) is 0 Å². The van der Waals surface area contributed by atoms with Gasteiger partial charge >= 0.3 is 0 Å². The zero-order chi connectivity index (χ0) is 9.14. The van der Waals surface area contributed by atoms with Gasteiger partial charge in [-0.05, 0) is 19.3 Å². The Labute approximate surface area is 72.9 Å². The van der Waals surface area contributed by atoms with Crippen LogP contribution in [0.1, 0.15) is 31.5 Å². The van der Waals surface area contributed by atoms with E-state index in [-0.39, 0.29) is 0 Å². The van der Waals surface area contributed by atoms with Crippen molar-refractivity contribution in [2.24, 2.45) is 5.92 Å². The van der Waals surface area contributed by atoms with Crippen molar-refractivity contribution in [3.63, 3.8) is 0 Å². The van der Waals surface area contributed by atoms with E-state index < -0.39 is 0 Å². The molecule has 1 atom stereocenters. The number of nitrogens with two attached hydrogens (primary N) is 1. The second-order valence-electron chi connectivity index (χ2n) is 3.34. The van der Waals surface area contributed by atoms with Crippen LogP contribution in [0.15, 0.2) is 4.52 Å². The van der Waals surface area contributed by atoms with Gasteiger partial charge in [-0.2, -0.15) is 0 Å². The number of hydrogen-bond donors (Lipinski definition) is 1. The topological polar surface area (TPSA) is 52.0 Å². The normalized spacial score (nSPS) is 13.2. The van der Waals surface area contributed by atoms with E-state index in [9.17, 15) is 0 Å². The second kappa shape index (κ2) is 3.61. The third-order valence-corrected chi connectivity index (χ3v) is 2.30. The van der Waals surface area contributed by atoms with Crippen LogP contribution >= 0.6 is 0 Å². The molecule has 0 radical (unpaired) electrons. The van der Waals surface area contributed by atoms with Gasteiger partial charge in [0.2, 0.25) is 5.88 Å². The van der Waals surface area contributed by atoms with Crippen LogP contribution < -0.4 is 5.73 Å². The molecule has 0 aliphatic carbocycles. The summed E-state index contributed by atoms with van der Waals surface area (Å²) in [6.45, 7) is 6.32. The Kier molecular flexibility index (Phi) is 2.74. The van der Waals surface area contributed by atoms with Gasteiger partial charge in [0, 0.05) is 5.56 Å². The van der Waals surface area contributed by atoms with E-state index in [0.29, 0.717) is 11.8 Å². The standard InChI is InChI=1S/C9H16N2O/c1-4-6(2)5-8-7(3)9(10)12-11-8/h6H,4-5,10H2,1-3H3. The number of anilines is 1. The molecule has 0 aliphatic rings. The lowest BCUT2D eigenvalue weighted by molar-refractivity contribution is 0.418. The summed E-state index contributed by atoms with van der Waals surface area (Å²) in [6.07, 6.45) is 2.12. The molecule has 0 saturated carbocycles. The smallest absolute Gasteiger partial charge is 0.225 e. The number of nitrogens with zero attached hydrogens (tertiary/aromatic N) is 1. The molecule has 0 spiro atoms. The molecule has 3 heteroatoms. The van der Waals surface area contributed by atoms with Gasteiger partial charge in [-0.25, -0.2) is 0 Å². The largest absolute Gasteiger partial charge is 0.367 e. The fourth-order valence-corrected chi connectivity index (χ4v) is 1.05. The molecule has 0 aromatic carbocycles. The van der Waals surface area contributed by atoms with Gasteiger partial charge in [-0.3, -0.25) is 0 Å². The Morgan fingerprint density at radius 3 is 2.67 bits per heavy atom. The van der Waals surface area contributed by atoms with Gasteiger partial charge in [0.25, 0.3) is 0 Å². The van der Waals surface area contributed by atoms with Crippen LogP contribution in [-0.4, -0.2) is 5.16 Å². The van der Waals surface area contributed by atoms with Gasteiger partial charge in [0.15, 0.2) is 0 Å². The highest BCUT2D eigenvalue weighted by atomic mass is 16.5. The van der Waals surface area contributed by atoms with Crippen LogP contribution in [0.5, 0.6) is 0 Å². The molecule has 0 saturated heterocycles. The summed E-state index contributed by atoms with van der Waals surface area (Å²) in [7, 11) is 0. The molecule has 2 N–H and O–H groups in total. The van der Waals surface area contributed by atoms with Crippen molar-refractivity contribution in [3.8, 4) is 0 Å². The average molecular weight is 168 g/mol. The Bertz CT molecular complexity index is 255. The molecule has 1 unspecified atom stereocenters. The van der Waals surface area contributed by atoms with E-state index in [2.05, 4.69) is 19.0 Å². The quantitative estimate of drug-likeness (QED) is 0.752. The first kappa shape index (κ1) is 9.10. The van der Waals surface area contributed by atoms with Gasteiger partial charge in [0.1, 0.15) is 0 Å². The Balaban J connectivity index is 2.69. The molecule has 0 amide bonds. The van der Waals surface area contributed by atoms with Gasteiger partial charge in [-0.15, -0.1) is 0 Å². The summed E-state index contributed by atoms with van der Waals surface area (Å²) in [4.78, 5) is 0. The lowest BCUT2D eigenvalue weighted by atomic mass is 10.0. The number of hydrogen-bond acceptors (Lipinski definition) is 3. The summed E-state index contributed by atoms with van der Waals surface area (Å²) >= 11 is 0. The second-order valence-corrected chi connectivity index (χ2v) is 3.34. The molecule has 3 nitrogen and oxygen atoms in total. The maximum Gasteiger partial charge on any atom is 0.225 e. The monoisotopic (exact) mass is 168 g/mol. The van der Waals surface area contributed by atoms with Gasteiger partial charge in [-0.1, -0.05) is 25.4 Å². The van der Waals surface area contributed by atoms with Crippen molar-refractivity contribution < 1.29 is 4.52 Å². The summed E-state index contributed by atoms with van der Waals surface area (Å²) in [6, 6.07) is 0. The molecular formula is C9H16N2O. The minimum atomic E-state index is 0.452. The van der Waals surface area contributed by atoms with E-state index in [4.69, 9.17) is 10.3 Å². The predicted octanol–water partition coefficient (Wildman–Crippen LogP) is 2.15. The molecule has 1 aromatic heterocycles. The molecule has 12 heavy (non-hydrogen) atoms. The van der Waals surface area contributed by atoms with E-state index in [1.54, 1.807) is 0 Å². The molecule has 68 valence electrons. The number of aromatic nitrogens is 1. The van der Waals surface area contributed by atoms with E-state index in [0.717, 1.165) is 24.1 Å². The predicted molar refractivity (Wildman–Crippen MR) is 48.8 cm³/mol. The highest BCUT2D eigenvalue weighted by molar-refractivity contribution is 5.37. The van der Waals surface area contributed by atoms with E-state index in [1.807, 2.05) is 6.92 Å². The molecular weight excluding hydrogens is 152 g/mol. The molecule has 1 heterocycles. The van der Waals surface area contributed by atoms with Crippen molar-refractivity contribution in [2.45, 2.75) is 33.6 Å². The first-order valence-electron chi connectivity index (χ1n) is 4.35. The summed E-state index contributed by atoms with van der Waals surface area (Å²) in [5.74, 6) is 1.10. The lowest BCUT2D eigenvalue weighted by Gasteiger charge is -2.04. The van der Waals surface area contributed by atoms with Gasteiger partial charge in [0.05, 0.1) is 5.69 Å². The van der Waals surface area contributed by atoms with Crippen molar-refractivity contribution in [3.05, 3.63) is 11.3 Å². The first-order valence-corrected chi connectivity index (χ1v) is 4.35. The highest BCUT2D eigenvalue weighted by Gasteiger charge is 2.10. The summed E-state index contributed by atoms with van der Waals surface area (Å²) in [5, 5.41) is 3.90. The minimum Gasteiger partial charge on any atom is -0.367 e. The van der Waals surface area contributed by atoms with Crippen LogP contribution in [0.2, 0.25) is 0 Å². The molecule has 0 aliphatic heterocycles. The Morgan fingerprint density at radius 1 is 1.58 bits per heavy atom. The van der Waals surface area contributed by atoms with Crippen LogP contribution in [0.25, 0.3) is 0 Å². The van der Waals surface area contributed by atoms with Crippen LogP contribution in [0.3, 0.4) is 0 Å². The van der Waals surface area contributed by atoms with Crippen LogP contribution in [-0.2, 0) is 6.42 Å². The summed E-state index contributed by atoms with van der Waals surface area (Å²) < 4.78 is 4.87. The van der Waals surface area contributed by atoms with Crippen LogP contribution in [0.4, 0.5) is 5.88 Å². The number of rotatable bonds is 3. The van der Waals surface area contributed by atoms with Crippen molar-refractivity contribution >= 4 is 5.88 Å². The van der Waals surface area contributed by atoms with Crippen LogP contribution in [0, 0.1) is 12.8 Å². The van der Waals surface area contributed by atoms with Crippen molar-refractivity contribution in [1.82, 2.24) is 5.16 Å². The zero-order valence-corrected chi connectivity index (χ0v) is 7.92. The highest BCUT2D eigenvalue weighted by Crippen LogP contribution is 2.18. The van der Waals surface area contributed by atoms with Crippen molar-refractivity contribution in [2.75, 3.05) is 5.73 Å². The van der Waals surface area contributed by atoms with E-state index in [1.165, 1.54) is 0 Å². The molecule has 0 bridgehead atoms. The lowest BCUT2D eigenvalue weighted by Crippen LogP contribution is -1.99. The van der Waals surface area contributed by atoms with Gasteiger partial charge < -0.3 is 10.3 Å². The average Bonchev–Trinajstić information content (AvgIpc) is 2.36. The molecule has 1 rings (SSSR count). The minimum absolute atomic E-state index is 0.452. The summed E-state index contributed by atoms with van der Waals surface area (Å²) in [5.41, 5.74) is 7.53. The van der Waals surface area contributed by atoms with E-state index >= 15 is 0 Å². The molecule has 1 aromatic rings.